The molecule has 4 nitrogen and oxygen atoms in total. The van der Waals surface area contributed by atoms with Crippen LogP contribution in [-0.2, 0) is 0 Å². The summed E-state index contributed by atoms with van der Waals surface area (Å²) in [5.41, 5.74) is 2.26. The molecule has 3 rings (SSSR count). The molecule has 5 heteroatoms. The van der Waals surface area contributed by atoms with Gasteiger partial charge in [0, 0.05) is 29.4 Å². The fourth-order valence-corrected chi connectivity index (χ4v) is 3.34. The zero-order chi connectivity index (χ0) is 15.7. The van der Waals surface area contributed by atoms with Gasteiger partial charge in [0.2, 0.25) is 0 Å². The predicted octanol–water partition coefficient (Wildman–Crippen LogP) is 4.44. The third-order valence-corrected chi connectivity index (χ3v) is 4.75. The van der Waals surface area contributed by atoms with Gasteiger partial charge in [0.15, 0.2) is 5.82 Å². The predicted molar refractivity (Wildman–Crippen MR) is 93.4 cm³/mol. The standard InChI is InChI=1S/C17H20N4S/c1-10(2)9-19-16-14-11(3)12(4)22-17(14)21-15(20-16)13-5-7-18-8-6-13/h5-8,10H,9H2,1-4H3,(H,19,20,21). The van der Waals surface area contributed by atoms with E-state index in [-0.39, 0.29) is 0 Å². The highest BCUT2D eigenvalue weighted by Gasteiger charge is 2.15. The molecular formula is C17H20N4S. The van der Waals surface area contributed by atoms with Crippen LogP contribution in [0.5, 0.6) is 0 Å². The second-order valence-corrected chi connectivity index (χ2v) is 7.07. The molecule has 0 aliphatic carbocycles. The van der Waals surface area contributed by atoms with E-state index in [1.165, 1.54) is 10.4 Å². The van der Waals surface area contributed by atoms with Crippen molar-refractivity contribution < 1.29 is 0 Å². The Morgan fingerprint density at radius 1 is 1.14 bits per heavy atom. The Hall–Kier alpha value is -2.01. The number of nitrogens with one attached hydrogen (secondary N) is 1. The summed E-state index contributed by atoms with van der Waals surface area (Å²) in [6, 6.07) is 3.89. The number of thiophene rings is 1. The van der Waals surface area contributed by atoms with E-state index in [1.54, 1.807) is 23.7 Å². The SMILES string of the molecule is Cc1sc2nc(-c3ccncc3)nc(NCC(C)C)c2c1C. The molecule has 0 atom stereocenters. The lowest BCUT2D eigenvalue weighted by molar-refractivity contribution is 0.687. The van der Waals surface area contributed by atoms with E-state index in [4.69, 9.17) is 9.97 Å². The Morgan fingerprint density at radius 2 is 1.86 bits per heavy atom. The summed E-state index contributed by atoms with van der Waals surface area (Å²) in [5.74, 6) is 2.25. The largest absolute Gasteiger partial charge is 0.369 e. The third-order valence-electron chi connectivity index (χ3n) is 3.64. The van der Waals surface area contributed by atoms with Gasteiger partial charge < -0.3 is 5.32 Å². The van der Waals surface area contributed by atoms with Crippen molar-refractivity contribution in [2.45, 2.75) is 27.7 Å². The number of aryl methyl sites for hydroxylation is 2. The normalized spacial score (nSPS) is 11.3. The number of fused-ring (bicyclic) bond motifs is 1. The Bertz CT molecular complexity index is 793. The number of anilines is 1. The number of aromatic nitrogens is 3. The van der Waals surface area contributed by atoms with E-state index in [9.17, 15) is 0 Å². The van der Waals surface area contributed by atoms with Crippen LogP contribution in [0.4, 0.5) is 5.82 Å². The lowest BCUT2D eigenvalue weighted by Crippen LogP contribution is -2.10. The van der Waals surface area contributed by atoms with E-state index in [1.807, 2.05) is 12.1 Å². The van der Waals surface area contributed by atoms with Gasteiger partial charge in [-0.25, -0.2) is 9.97 Å². The molecule has 1 N–H and O–H groups in total. The quantitative estimate of drug-likeness (QED) is 0.774. The summed E-state index contributed by atoms with van der Waals surface area (Å²) in [5, 5.41) is 4.65. The molecule has 0 bridgehead atoms. The van der Waals surface area contributed by atoms with Crippen LogP contribution in [0.15, 0.2) is 24.5 Å². The van der Waals surface area contributed by atoms with E-state index in [2.05, 4.69) is 38.0 Å². The van der Waals surface area contributed by atoms with E-state index >= 15 is 0 Å². The molecule has 0 saturated heterocycles. The monoisotopic (exact) mass is 312 g/mol. The smallest absolute Gasteiger partial charge is 0.163 e. The Labute approximate surface area is 134 Å². The van der Waals surface area contributed by atoms with Crippen molar-refractivity contribution in [3.63, 3.8) is 0 Å². The summed E-state index contributed by atoms with van der Waals surface area (Å²) in [7, 11) is 0. The van der Waals surface area contributed by atoms with Gasteiger partial charge in [-0.05, 0) is 37.5 Å². The first kappa shape index (κ1) is 14.9. The minimum absolute atomic E-state index is 0.564. The van der Waals surface area contributed by atoms with E-state index in [0.717, 1.165) is 34.0 Å². The number of hydrogen-bond acceptors (Lipinski definition) is 5. The average Bonchev–Trinajstić information content (AvgIpc) is 2.80. The zero-order valence-corrected chi connectivity index (χ0v) is 14.2. The number of rotatable bonds is 4. The molecule has 0 fully saturated rings. The second kappa shape index (κ2) is 6.01. The molecule has 3 aromatic rings. The summed E-state index contributed by atoms with van der Waals surface area (Å²) in [4.78, 5) is 15.9. The molecule has 3 heterocycles. The Morgan fingerprint density at radius 3 is 2.55 bits per heavy atom. The summed E-state index contributed by atoms with van der Waals surface area (Å²) >= 11 is 1.73. The van der Waals surface area contributed by atoms with Crippen molar-refractivity contribution >= 4 is 27.4 Å². The number of nitrogens with zero attached hydrogens (tertiary/aromatic N) is 3. The van der Waals surface area contributed by atoms with Crippen LogP contribution >= 0.6 is 11.3 Å². The van der Waals surface area contributed by atoms with Crippen LogP contribution in [0.25, 0.3) is 21.6 Å². The van der Waals surface area contributed by atoms with Crippen molar-refractivity contribution in [1.29, 1.82) is 0 Å². The maximum absolute atomic E-state index is 4.77. The second-order valence-electron chi connectivity index (χ2n) is 5.87. The van der Waals surface area contributed by atoms with Gasteiger partial charge in [-0.15, -0.1) is 11.3 Å². The highest BCUT2D eigenvalue weighted by molar-refractivity contribution is 7.18. The molecule has 3 aromatic heterocycles. The molecular weight excluding hydrogens is 292 g/mol. The Balaban J connectivity index is 2.16. The fourth-order valence-electron chi connectivity index (χ4n) is 2.31. The van der Waals surface area contributed by atoms with Crippen LogP contribution in [0.3, 0.4) is 0 Å². The lowest BCUT2D eigenvalue weighted by atomic mass is 10.2. The number of pyridine rings is 1. The summed E-state index contributed by atoms with van der Waals surface area (Å²) in [6.07, 6.45) is 3.55. The van der Waals surface area contributed by atoms with Gasteiger partial charge in [-0.1, -0.05) is 13.8 Å². The van der Waals surface area contributed by atoms with Crippen LogP contribution in [0.2, 0.25) is 0 Å². The highest BCUT2D eigenvalue weighted by atomic mass is 32.1. The third kappa shape index (κ3) is 2.81. The molecule has 0 radical (unpaired) electrons. The average molecular weight is 312 g/mol. The van der Waals surface area contributed by atoms with Crippen molar-refractivity contribution in [2.24, 2.45) is 5.92 Å². The van der Waals surface area contributed by atoms with Gasteiger partial charge in [-0.2, -0.15) is 0 Å². The zero-order valence-electron chi connectivity index (χ0n) is 13.3. The maximum Gasteiger partial charge on any atom is 0.163 e. The van der Waals surface area contributed by atoms with Gasteiger partial charge >= 0.3 is 0 Å². The minimum Gasteiger partial charge on any atom is -0.369 e. The molecule has 0 aliphatic rings. The molecule has 114 valence electrons. The first-order valence-electron chi connectivity index (χ1n) is 7.48. The first-order valence-corrected chi connectivity index (χ1v) is 8.30. The molecule has 0 saturated carbocycles. The van der Waals surface area contributed by atoms with Crippen LogP contribution in [-0.4, -0.2) is 21.5 Å². The van der Waals surface area contributed by atoms with Crippen LogP contribution < -0.4 is 5.32 Å². The molecule has 0 amide bonds. The number of hydrogen-bond donors (Lipinski definition) is 1. The molecule has 0 unspecified atom stereocenters. The van der Waals surface area contributed by atoms with E-state index in [0.29, 0.717) is 5.92 Å². The van der Waals surface area contributed by atoms with Crippen molar-refractivity contribution in [3.05, 3.63) is 35.0 Å². The summed E-state index contributed by atoms with van der Waals surface area (Å²) < 4.78 is 0. The van der Waals surface area contributed by atoms with Gasteiger partial charge in [0.25, 0.3) is 0 Å². The fraction of sp³-hybridized carbons (Fsp3) is 0.353. The summed E-state index contributed by atoms with van der Waals surface area (Å²) in [6.45, 7) is 9.57. The molecule has 0 aromatic carbocycles. The topological polar surface area (TPSA) is 50.7 Å². The van der Waals surface area contributed by atoms with Gasteiger partial charge in [-0.3, -0.25) is 4.98 Å². The van der Waals surface area contributed by atoms with Crippen molar-refractivity contribution in [3.8, 4) is 11.4 Å². The van der Waals surface area contributed by atoms with Gasteiger partial charge in [0.1, 0.15) is 10.6 Å². The van der Waals surface area contributed by atoms with Crippen LogP contribution in [0, 0.1) is 19.8 Å². The minimum atomic E-state index is 0.564. The highest BCUT2D eigenvalue weighted by Crippen LogP contribution is 2.34. The van der Waals surface area contributed by atoms with Crippen molar-refractivity contribution in [1.82, 2.24) is 15.0 Å². The van der Waals surface area contributed by atoms with E-state index < -0.39 is 0 Å². The van der Waals surface area contributed by atoms with Crippen LogP contribution in [0.1, 0.15) is 24.3 Å². The maximum atomic E-state index is 4.77. The first-order chi connectivity index (χ1) is 10.6. The van der Waals surface area contributed by atoms with Crippen molar-refractivity contribution in [2.75, 3.05) is 11.9 Å². The molecule has 0 spiro atoms. The lowest BCUT2D eigenvalue weighted by Gasteiger charge is -2.11. The van der Waals surface area contributed by atoms with Gasteiger partial charge in [0.05, 0.1) is 5.39 Å². The Kier molecular flexibility index (Phi) is 4.07. The molecule has 0 aliphatic heterocycles. The molecule has 22 heavy (non-hydrogen) atoms.